The number of ether oxygens (including phenoxy) is 6. The van der Waals surface area contributed by atoms with Gasteiger partial charge in [-0.25, -0.2) is 10.3 Å². The number of halogens is 2. The van der Waals surface area contributed by atoms with Crippen LogP contribution in [-0.2, 0) is 57.2 Å². The summed E-state index contributed by atoms with van der Waals surface area (Å²) in [6.45, 7) is 6.11. The predicted octanol–water partition coefficient (Wildman–Crippen LogP) is -0.580. The smallest absolute Gasteiger partial charge is 0.322 e. The van der Waals surface area contributed by atoms with Gasteiger partial charge in [0, 0.05) is 34.2 Å². The molecule has 6 atom stereocenters. The highest BCUT2D eigenvalue weighted by atomic mass is 35.5. The van der Waals surface area contributed by atoms with E-state index < -0.39 is 73.2 Å². The van der Waals surface area contributed by atoms with Gasteiger partial charge < -0.3 is 39.9 Å². The Bertz CT molecular complexity index is 879. The van der Waals surface area contributed by atoms with Crippen LogP contribution in [0.3, 0.4) is 0 Å². The zero-order valence-electron chi connectivity index (χ0n) is 22.8. The topological polar surface area (TPSA) is 226 Å². The van der Waals surface area contributed by atoms with Crippen molar-refractivity contribution in [1.82, 2.24) is 5.48 Å². The third-order valence-electron chi connectivity index (χ3n) is 4.77. The highest BCUT2D eigenvalue weighted by molar-refractivity contribution is 5.85. The zero-order chi connectivity index (χ0) is 28.8. The Morgan fingerprint density at radius 1 is 0.875 bits per heavy atom. The highest BCUT2D eigenvalue weighted by Crippen LogP contribution is 2.29. The SMILES string of the molecule is CCOC(=O)[C@@H](N)CCCN=C(N)NO[C@@H]1O[C@H](COC(C)=O)[C@@H](OC(C)=O)[C@H](OC(C)=O)[C@H]1OC(C)=O.Cl.Cl. The van der Waals surface area contributed by atoms with E-state index in [1.807, 2.05) is 0 Å². The van der Waals surface area contributed by atoms with Gasteiger partial charge in [-0.05, 0) is 19.8 Å². The van der Waals surface area contributed by atoms with Gasteiger partial charge in [0.25, 0.3) is 0 Å². The maximum absolute atomic E-state index is 11.8. The molecule has 0 amide bonds. The van der Waals surface area contributed by atoms with Crippen LogP contribution in [0.4, 0.5) is 0 Å². The number of rotatable bonds is 13. The zero-order valence-corrected chi connectivity index (χ0v) is 24.5. The van der Waals surface area contributed by atoms with Crippen molar-refractivity contribution in [2.45, 2.75) is 84.2 Å². The molecule has 0 unspecified atom stereocenters. The van der Waals surface area contributed by atoms with E-state index in [-0.39, 0.29) is 43.9 Å². The minimum absolute atomic E-state index is 0. The van der Waals surface area contributed by atoms with Crippen molar-refractivity contribution < 1.29 is 57.2 Å². The number of aliphatic imine (C=N–C) groups is 1. The summed E-state index contributed by atoms with van der Waals surface area (Å²) in [7, 11) is 0. The van der Waals surface area contributed by atoms with Gasteiger partial charge in [0.15, 0.2) is 18.3 Å². The second-order valence-electron chi connectivity index (χ2n) is 8.06. The molecular formula is C22H38Cl2N4O12. The van der Waals surface area contributed by atoms with Crippen LogP contribution >= 0.6 is 24.8 Å². The number of hydrogen-bond donors (Lipinski definition) is 3. The number of hydrogen-bond acceptors (Lipinski definition) is 14. The molecule has 40 heavy (non-hydrogen) atoms. The first-order chi connectivity index (χ1) is 17.8. The molecule has 1 rings (SSSR count). The van der Waals surface area contributed by atoms with Crippen LogP contribution in [0.5, 0.6) is 0 Å². The maximum Gasteiger partial charge on any atom is 0.322 e. The number of nitrogens with zero attached hydrogens (tertiary/aromatic N) is 1. The first kappa shape index (κ1) is 39.2. The van der Waals surface area contributed by atoms with Crippen molar-refractivity contribution >= 4 is 60.6 Å². The van der Waals surface area contributed by atoms with Crippen LogP contribution in [0.1, 0.15) is 47.5 Å². The number of esters is 5. The van der Waals surface area contributed by atoms with Crippen molar-refractivity contribution in [2.24, 2.45) is 16.5 Å². The Morgan fingerprint density at radius 2 is 1.43 bits per heavy atom. The predicted molar refractivity (Wildman–Crippen MR) is 141 cm³/mol. The molecule has 1 aliphatic heterocycles. The van der Waals surface area contributed by atoms with Crippen LogP contribution < -0.4 is 16.9 Å². The summed E-state index contributed by atoms with van der Waals surface area (Å²) in [5.41, 5.74) is 13.9. The van der Waals surface area contributed by atoms with Gasteiger partial charge in [0.1, 0.15) is 18.8 Å². The summed E-state index contributed by atoms with van der Waals surface area (Å²) in [4.78, 5) is 67.8. The highest BCUT2D eigenvalue weighted by Gasteiger charge is 2.53. The van der Waals surface area contributed by atoms with Crippen molar-refractivity contribution in [1.29, 1.82) is 0 Å². The van der Waals surface area contributed by atoms with E-state index in [9.17, 15) is 24.0 Å². The number of carbonyl (C=O) groups excluding carboxylic acids is 5. The Balaban J connectivity index is 0. The normalized spacial score (nSPS) is 22.8. The second-order valence-corrected chi connectivity index (χ2v) is 8.06. The number of carbonyl (C=O) groups is 5. The minimum Gasteiger partial charge on any atom is -0.465 e. The fourth-order valence-electron chi connectivity index (χ4n) is 3.31. The molecule has 5 N–H and O–H groups in total. The van der Waals surface area contributed by atoms with Gasteiger partial charge in [-0.15, -0.1) is 24.8 Å². The second kappa shape index (κ2) is 20.0. The van der Waals surface area contributed by atoms with Gasteiger partial charge in [-0.3, -0.25) is 29.0 Å². The van der Waals surface area contributed by atoms with Gasteiger partial charge in [0.2, 0.25) is 12.2 Å². The van der Waals surface area contributed by atoms with E-state index >= 15 is 0 Å². The summed E-state index contributed by atoms with van der Waals surface area (Å²) < 4.78 is 31.4. The molecule has 0 aromatic heterocycles. The molecule has 0 aromatic rings. The first-order valence-corrected chi connectivity index (χ1v) is 11.8. The van der Waals surface area contributed by atoms with E-state index in [0.717, 1.165) is 27.7 Å². The average Bonchev–Trinajstić information content (AvgIpc) is 2.81. The molecular weight excluding hydrogens is 583 g/mol. The first-order valence-electron chi connectivity index (χ1n) is 11.8. The lowest BCUT2D eigenvalue weighted by Crippen LogP contribution is -2.63. The fraction of sp³-hybridized carbons (Fsp3) is 0.727. The third kappa shape index (κ3) is 14.5. The minimum atomic E-state index is -1.48. The van der Waals surface area contributed by atoms with E-state index in [1.165, 1.54) is 0 Å². The van der Waals surface area contributed by atoms with E-state index in [1.54, 1.807) is 6.92 Å². The lowest BCUT2D eigenvalue weighted by Gasteiger charge is -2.43. The van der Waals surface area contributed by atoms with E-state index in [2.05, 4.69) is 10.5 Å². The largest absolute Gasteiger partial charge is 0.465 e. The number of nitrogens with two attached hydrogens (primary N) is 2. The lowest BCUT2D eigenvalue weighted by molar-refractivity contribution is -0.316. The monoisotopic (exact) mass is 620 g/mol. The number of guanidine groups is 1. The van der Waals surface area contributed by atoms with Crippen LogP contribution in [0.15, 0.2) is 4.99 Å². The molecule has 18 heteroatoms. The summed E-state index contributed by atoms with van der Waals surface area (Å²) in [5.74, 6) is -3.72. The molecule has 0 saturated carbocycles. The molecule has 1 fully saturated rings. The molecule has 0 radical (unpaired) electrons. The molecule has 1 saturated heterocycles. The molecule has 0 spiro atoms. The van der Waals surface area contributed by atoms with Gasteiger partial charge in [0.05, 0.1) is 6.61 Å². The van der Waals surface area contributed by atoms with Crippen LogP contribution in [0.2, 0.25) is 0 Å². The van der Waals surface area contributed by atoms with Crippen LogP contribution in [-0.4, -0.2) is 92.3 Å². The quantitative estimate of drug-likeness (QED) is 0.0584. The van der Waals surface area contributed by atoms with Gasteiger partial charge >= 0.3 is 29.8 Å². The van der Waals surface area contributed by atoms with Crippen molar-refractivity contribution in [2.75, 3.05) is 19.8 Å². The molecule has 0 bridgehead atoms. The molecule has 0 aromatic carbocycles. The summed E-state index contributed by atoms with van der Waals surface area (Å²) in [6, 6.07) is -0.798. The van der Waals surface area contributed by atoms with E-state index in [0.29, 0.717) is 12.8 Å². The van der Waals surface area contributed by atoms with Crippen LogP contribution in [0, 0.1) is 0 Å². The van der Waals surface area contributed by atoms with Crippen molar-refractivity contribution in [3.05, 3.63) is 0 Å². The van der Waals surface area contributed by atoms with Gasteiger partial charge in [-0.2, -0.15) is 0 Å². The summed E-state index contributed by atoms with van der Waals surface area (Å²) in [5, 5.41) is 0. The summed E-state index contributed by atoms with van der Waals surface area (Å²) >= 11 is 0. The Labute approximate surface area is 243 Å². The molecule has 16 nitrogen and oxygen atoms in total. The molecule has 1 heterocycles. The van der Waals surface area contributed by atoms with Crippen molar-refractivity contribution in [3.8, 4) is 0 Å². The fourth-order valence-corrected chi connectivity index (χ4v) is 3.31. The van der Waals surface area contributed by atoms with Crippen molar-refractivity contribution in [3.63, 3.8) is 0 Å². The standard InChI is InChI=1S/C22H36N4O12.2ClH/c1-6-32-20(31)15(23)8-7-9-25-22(24)26-38-21-19(36-14(5)30)18(35-13(4)29)17(34-12(3)28)16(37-21)10-33-11(2)27;;/h15-19,21H,6-10,23H2,1-5H3,(H3,24,25,26);2*1H/t15-,16+,17+,18-,19+,21-;;/m0../s1. The van der Waals surface area contributed by atoms with Gasteiger partial charge in [-0.1, -0.05) is 0 Å². The molecule has 1 aliphatic rings. The number of hydroxylamine groups is 1. The van der Waals surface area contributed by atoms with Crippen LogP contribution in [0.25, 0.3) is 0 Å². The molecule has 232 valence electrons. The Kier molecular flexibility index (Phi) is 19.6. The molecule has 0 aliphatic carbocycles. The average molecular weight is 621 g/mol. The summed E-state index contributed by atoms with van der Waals surface area (Å²) in [6.07, 6.45) is -6.12. The third-order valence-corrected chi connectivity index (χ3v) is 4.77. The van der Waals surface area contributed by atoms with E-state index in [4.69, 9.17) is 44.7 Å². The lowest BCUT2D eigenvalue weighted by atomic mass is 9.98. The number of nitrogens with one attached hydrogen (secondary N) is 1. The Morgan fingerprint density at radius 3 is 1.95 bits per heavy atom. The Hall–Kier alpha value is -2.92. The maximum atomic E-state index is 11.8.